The molecule has 84 valence electrons. The van der Waals surface area contributed by atoms with Crippen LogP contribution in [0.3, 0.4) is 0 Å². The number of oxime groups is 1. The average Bonchev–Trinajstić information content (AvgIpc) is 2.67. The highest BCUT2D eigenvalue weighted by Crippen LogP contribution is 2.26. The lowest BCUT2D eigenvalue weighted by Crippen LogP contribution is -2.14. The maximum absolute atomic E-state index is 8.57. The van der Waals surface area contributed by atoms with Crippen LogP contribution in [0.15, 0.2) is 34.4 Å². The Balaban J connectivity index is 2.25. The summed E-state index contributed by atoms with van der Waals surface area (Å²) in [5.41, 5.74) is 1.56. The first-order valence-corrected chi connectivity index (χ1v) is 4.92. The molecular formula is C11H12N2O3. The van der Waals surface area contributed by atoms with E-state index in [1.165, 1.54) is 0 Å². The first-order valence-electron chi connectivity index (χ1n) is 4.92. The first-order chi connectivity index (χ1) is 7.86. The normalized spacial score (nSPS) is 18.6. The lowest BCUT2D eigenvalue weighted by Gasteiger charge is -1.98. The fourth-order valence-corrected chi connectivity index (χ4v) is 1.44. The third-order valence-corrected chi connectivity index (χ3v) is 2.11. The first kappa shape index (κ1) is 10.6. The van der Waals surface area contributed by atoms with Gasteiger partial charge in [0, 0.05) is 12.6 Å². The maximum Gasteiger partial charge on any atom is 0.282 e. The fraction of sp³-hybridized carbons (Fsp3) is 0.273. The van der Waals surface area contributed by atoms with Crippen molar-refractivity contribution in [2.24, 2.45) is 10.1 Å². The Morgan fingerprint density at radius 3 is 2.94 bits per heavy atom. The number of rotatable bonds is 3. The van der Waals surface area contributed by atoms with E-state index < -0.39 is 0 Å². The van der Waals surface area contributed by atoms with Gasteiger partial charge in [-0.15, -0.1) is 0 Å². The lowest BCUT2D eigenvalue weighted by molar-refractivity contribution is 0.0961. The number of aliphatic hydroxyl groups excluding tert-OH is 1. The van der Waals surface area contributed by atoms with Crippen molar-refractivity contribution >= 4 is 11.6 Å². The topological polar surface area (TPSA) is 63.4 Å². The van der Waals surface area contributed by atoms with Gasteiger partial charge >= 0.3 is 0 Å². The minimum Gasteiger partial charge on any atom is -0.434 e. The number of aliphatic hydroxyl groups is 1. The number of para-hydroxylation sites is 1. The van der Waals surface area contributed by atoms with E-state index in [0.717, 1.165) is 11.3 Å². The molecule has 1 N–H and O–H groups in total. The average molecular weight is 220 g/mol. The van der Waals surface area contributed by atoms with Crippen LogP contribution in [-0.4, -0.2) is 37.0 Å². The van der Waals surface area contributed by atoms with E-state index in [9.17, 15) is 0 Å². The van der Waals surface area contributed by atoms with Crippen molar-refractivity contribution in [1.82, 2.24) is 0 Å². The van der Waals surface area contributed by atoms with Gasteiger partial charge in [-0.2, -0.15) is 0 Å². The maximum atomic E-state index is 8.57. The second-order valence-electron chi connectivity index (χ2n) is 3.12. The van der Waals surface area contributed by atoms with Crippen molar-refractivity contribution in [2.75, 3.05) is 20.3 Å². The monoisotopic (exact) mass is 220 g/mol. The molecule has 1 aliphatic rings. The number of nitrogens with zero attached hydrogens (tertiary/aromatic N) is 2. The molecule has 2 rings (SSSR count). The molecule has 1 aromatic carbocycles. The molecule has 0 fully saturated rings. The Bertz CT molecular complexity index is 441. The molecule has 5 nitrogen and oxygen atoms in total. The molecule has 0 bridgehead atoms. The van der Waals surface area contributed by atoms with Crippen LogP contribution in [0.4, 0.5) is 0 Å². The van der Waals surface area contributed by atoms with Crippen molar-refractivity contribution in [2.45, 2.75) is 0 Å². The number of ether oxygens (including phenoxy) is 1. The number of fused-ring (bicyclic) bond motifs is 1. The summed E-state index contributed by atoms with van der Waals surface area (Å²) in [5, 5.41) is 12.4. The highest BCUT2D eigenvalue weighted by molar-refractivity contribution is 6.48. The Labute approximate surface area is 93.0 Å². The molecule has 0 spiro atoms. The van der Waals surface area contributed by atoms with Crippen LogP contribution < -0.4 is 4.74 Å². The van der Waals surface area contributed by atoms with Gasteiger partial charge in [0.15, 0.2) is 0 Å². The Morgan fingerprint density at radius 2 is 2.19 bits per heavy atom. The zero-order valence-electron chi connectivity index (χ0n) is 8.88. The van der Waals surface area contributed by atoms with Crippen molar-refractivity contribution in [3.8, 4) is 5.75 Å². The highest BCUT2D eigenvalue weighted by Gasteiger charge is 2.26. The third-order valence-electron chi connectivity index (χ3n) is 2.11. The zero-order chi connectivity index (χ0) is 11.4. The Morgan fingerprint density at radius 1 is 1.38 bits per heavy atom. The molecule has 0 aliphatic carbocycles. The smallest absolute Gasteiger partial charge is 0.282 e. The van der Waals surface area contributed by atoms with Crippen molar-refractivity contribution in [3.63, 3.8) is 0 Å². The molecule has 0 amide bonds. The molecule has 1 heterocycles. The number of hydrogen-bond acceptors (Lipinski definition) is 5. The Kier molecular flexibility index (Phi) is 3.16. The molecule has 0 aromatic heterocycles. The van der Waals surface area contributed by atoms with Gasteiger partial charge in [-0.05, 0) is 17.3 Å². The van der Waals surface area contributed by atoms with Gasteiger partial charge < -0.3 is 14.7 Å². The van der Waals surface area contributed by atoms with Crippen LogP contribution in [0.2, 0.25) is 0 Å². The summed E-state index contributed by atoms with van der Waals surface area (Å²) >= 11 is 0. The summed E-state index contributed by atoms with van der Waals surface area (Å²) in [4.78, 5) is 8.97. The second kappa shape index (κ2) is 4.76. The summed E-state index contributed by atoms with van der Waals surface area (Å²) < 4.78 is 5.47. The van der Waals surface area contributed by atoms with Gasteiger partial charge in [0.1, 0.15) is 18.1 Å². The van der Waals surface area contributed by atoms with Crippen LogP contribution in [0.25, 0.3) is 0 Å². The standard InChI is InChI=1S/C11H12N2O3/c1-12-10-8-4-2-3-5-9(8)16-11(10)13-15-7-6-14/h2-5,14H,6-7H2,1H3/b12-10-,13-11?. The summed E-state index contributed by atoms with van der Waals surface area (Å²) in [6.45, 7) is 0.0581. The summed E-state index contributed by atoms with van der Waals surface area (Å²) in [6, 6.07) is 7.54. The van der Waals surface area contributed by atoms with E-state index in [4.69, 9.17) is 14.7 Å². The fourth-order valence-electron chi connectivity index (χ4n) is 1.44. The molecule has 1 aromatic rings. The van der Waals surface area contributed by atoms with E-state index in [-0.39, 0.29) is 13.2 Å². The number of benzene rings is 1. The second-order valence-corrected chi connectivity index (χ2v) is 3.12. The minimum atomic E-state index is -0.0810. The lowest BCUT2D eigenvalue weighted by atomic mass is 10.1. The molecule has 0 unspecified atom stereocenters. The number of aliphatic imine (C=N–C) groups is 1. The van der Waals surface area contributed by atoms with Crippen LogP contribution in [0.5, 0.6) is 5.75 Å². The molecule has 0 atom stereocenters. The molecule has 0 saturated carbocycles. The zero-order valence-corrected chi connectivity index (χ0v) is 8.88. The van der Waals surface area contributed by atoms with Crippen molar-refractivity contribution < 1.29 is 14.7 Å². The van der Waals surface area contributed by atoms with Gasteiger partial charge in [0.2, 0.25) is 0 Å². The van der Waals surface area contributed by atoms with E-state index >= 15 is 0 Å². The van der Waals surface area contributed by atoms with E-state index in [0.29, 0.717) is 11.6 Å². The molecule has 1 aliphatic heterocycles. The molecular weight excluding hydrogens is 208 g/mol. The van der Waals surface area contributed by atoms with Crippen molar-refractivity contribution in [3.05, 3.63) is 29.8 Å². The van der Waals surface area contributed by atoms with E-state index in [1.54, 1.807) is 7.05 Å². The molecule has 0 saturated heterocycles. The van der Waals surface area contributed by atoms with Crippen molar-refractivity contribution in [1.29, 1.82) is 0 Å². The van der Waals surface area contributed by atoms with Gasteiger partial charge in [-0.25, -0.2) is 0 Å². The summed E-state index contributed by atoms with van der Waals surface area (Å²) in [7, 11) is 1.67. The number of hydrogen-bond donors (Lipinski definition) is 1. The van der Waals surface area contributed by atoms with Crippen LogP contribution in [-0.2, 0) is 4.84 Å². The highest BCUT2D eigenvalue weighted by atomic mass is 16.7. The quantitative estimate of drug-likeness (QED) is 0.606. The molecule has 16 heavy (non-hydrogen) atoms. The van der Waals surface area contributed by atoms with Gasteiger partial charge in [-0.1, -0.05) is 12.1 Å². The SMILES string of the molecule is C/N=C1\C(=NOCCO)Oc2ccccc21. The summed E-state index contributed by atoms with van der Waals surface area (Å²) in [5.74, 6) is 1.05. The Hall–Kier alpha value is -1.88. The molecule has 0 radical (unpaired) electrons. The third kappa shape index (κ3) is 1.90. The van der Waals surface area contributed by atoms with Crippen LogP contribution in [0.1, 0.15) is 5.56 Å². The predicted octanol–water partition coefficient (Wildman–Crippen LogP) is 0.820. The minimum absolute atomic E-state index is 0.0810. The van der Waals surface area contributed by atoms with Gasteiger partial charge in [-0.3, -0.25) is 4.99 Å². The van der Waals surface area contributed by atoms with Gasteiger partial charge in [0.25, 0.3) is 5.90 Å². The van der Waals surface area contributed by atoms with E-state index in [2.05, 4.69) is 10.1 Å². The predicted molar refractivity (Wildman–Crippen MR) is 60.0 cm³/mol. The molecule has 5 heteroatoms. The van der Waals surface area contributed by atoms with Gasteiger partial charge in [0.05, 0.1) is 6.61 Å². The largest absolute Gasteiger partial charge is 0.434 e. The van der Waals surface area contributed by atoms with Crippen LogP contribution >= 0.6 is 0 Å². The van der Waals surface area contributed by atoms with Crippen LogP contribution in [0, 0.1) is 0 Å². The summed E-state index contributed by atoms with van der Waals surface area (Å²) in [6.07, 6.45) is 0. The van der Waals surface area contributed by atoms with E-state index in [1.807, 2.05) is 24.3 Å².